The topological polar surface area (TPSA) is 64.8 Å². The van der Waals surface area contributed by atoms with E-state index in [1.54, 1.807) is 0 Å². The number of ether oxygens (including phenoxy) is 2. The Morgan fingerprint density at radius 2 is 2.07 bits per heavy atom. The summed E-state index contributed by atoms with van der Waals surface area (Å²) in [6.07, 6.45) is 5.60. The third-order valence-corrected chi connectivity index (χ3v) is 7.12. The van der Waals surface area contributed by atoms with Crippen molar-refractivity contribution < 1.29 is 18.7 Å². The van der Waals surface area contributed by atoms with Gasteiger partial charge in [-0.25, -0.2) is 4.98 Å². The highest BCUT2D eigenvalue weighted by molar-refractivity contribution is 6.30. The number of oxazole rings is 1. The number of halogens is 1. The van der Waals surface area contributed by atoms with Crippen LogP contribution in [0, 0.1) is 11.3 Å². The van der Waals surface area contributed by atoms with Crippen LogP contribution in [0.25, 0.3) is 0 Å². The van der Waals surface area contributed by atoms with Crippen LogP contribution >= 0.6 is 11.6 Å². The lowest BCUT2D eigenvalue weighted by Gasteiger charge is -2.54. The van der Waals surface area contributed by atoms with Crippen molar-refractivity contribution in [2.45, 2.75) is 44.8 Å². The molecule has 4 heterocycles. The monoisotopic (exact) mass is 416 g/mol. The number of hydrogen-bond acceptors (Lipinski definition) is 5. The second kappa shape index (κ2) is 6.74. The SMILES string of the molecule is CC1(C)Oc2ccc(Cl)cc2[C@H]2OCC3(CCN(C(=O)c4cnco4)CC3)C[C@@H]21. The van der Waals surface area contributed by atoms with Crippen LogP contribution in [0.4, 0.5) is 0 Å². The highest BCUT2D eigenvalue weighted by atomic mass is 35.5. The average Bonchev–Trinajstić information content (AvgIpc) is 3.24. The number of aromatic nitrogens is 1. The Bertz CT molecular complexity index is 919. The fourth-order valence-electron chi connectivity index (χ4n) is 5.14. The smallest absolute Gasteiger partial charge is 0.291 e. The van der Waals surface area contributed by atoms with Crippen LogP contribution in [0.15, 0.2) is 35.2 Å². The van der Waals surface area contributed by atoms with E-state index in [-0.39, 0.29) is 28.9 Å². The lowest BCUT2D eigenvalue weighted by molar-refractivity contribution is -0.173. The first kappa shape index (κ1) is 18.9. The van der Waals surface area contributed by atoms with E-state index in [1.807, 2.05) is 23.1 Å². The van der Waals surface area contributed by atoms with Crippen molar-refractivity contribution >= 4 is 17.5 Å². The maximum Gasteiger partial charge on any atom is 0.291 e. The molecule has 2 fully saturated rings. The molecule has 0 radical (unpaired) electrons. The summed E-state index contributed by atoms with van der Waals surface area (Å²) in [5.41, 5.74) is 0.788. The van der Waals surface area contributed by atoms with Gasteiger partial charge in [0, 0.05) is 29.6 Å². The minimum atomic E-state index is -0.328. The number of nitrogens with zero attached hydrogens (tertiary/aromatic N) is 2. The molecule has 3 aliphatic rings. The van der Waals surface area contributed by atoms with Crippen LogP contribution in [-0.2, 0) is 4.74 Å². The summed E-state index contributed by atoms with van der Waals surface area (Å²) in [4.78, 5) is 18.3. The largest absolute Gasteiger partial charge is 0.487 e. The highest BCUT2D eigenvalue weighted by Gasteiger charge is 2.53. The summed E-state index contributed by atoms with van der Waals surface area (Å²) >= 11 is 6.25. The average molecular weight is 417 g/mol. The number of rotatable bonds is 1. The summed E-state index contributed by atoms with van der Waals surface area (Å²) in [7, 11) is 0. The quantitative estimate of drug-likeness (QED) is 0.684. The van der Waals surface area contributed by atoms with E-state index in [0.29, 0.717) is 30.5 Å². The number of piperidine rings is 1. The van der Waals surface area contributed by atoms with Gasteiger partial charge in [-0.3, -0.25) is 4.79 Å². The normalized spacial score (nSPS) is 27.1. The number of hydrogen-bond donors (Lipinski definition) is 0. The number of benzene rings is 1. The fraction of sp³-hybridized carbons (Fsp3) is 0.545. The molecule has 1 amide bonds. The molecular formula is C22H25ClN2O4. The molecule has 1 aromatic carbocycles. The molecule has 7 heteroatoms. The third kappa shape index (κ3) is 3.22. The van der Waals surface area contributed by atoms with Crippen molar-refractivity contribution in [2.24, 2.45) is 11.3 Å². The van der Waals surface area contributed by atoms with E-state index in [1.165, 1.54) is 12.6 Å². The Hall–Kier alpha value is -2.05. The molecule has 0 bridgehead atoms. The summed E-state index contributed by atoms with van der Waals surface area (Å²) in [5, 5.41) is 0.703. The first-order chi connectivity index (χ1) is 13.9. The van der Waals surface area contributed by atoms with Crippen LogP contribution in [0.2, 0.25) is 5.02 Å². The second-order valence-corrected chi connectivity index (χ2v) is 9.52. The zero-order valence-corrected chi connectivity index (χ0v) is 17.4. The molecule has 2 aromatic rings. The molecule has 6 nitrogen and oxygen atoms in total. The molecule has 0 aliphatic carbocycles. The minimum absolute atomic E-state index is 0.00747. The van der Waals surface area contributed by atoms with Crippen molar-refractivity contribution in [3.63, 3.8) is 0 Å². The zero-order chi connectivity index (χ0) is 20.2. The van der Waals surface area contributed by atoms with Gasteiger partial charge in [-0.05, 0) is 56.7 Å². The molecule has 3 aliphatic heterocycles. The second-order valence-electron chi connectivity index (χ2n) is 9.09. The molecule has 2 atom stereocenters. The van der Waals surface area contributed by atoms with Gasteiger partial charge in [0.15, 0.2) is 6.39 Å². The Labute approximate surface area is 175 Å². The van der Waals surface area contributed by atoms with E-state index in [4.69, 9.17) is 25.5 Å². The van der Waals surface area contributed by atoms with Crippen LogP contribution in [0.3, 0.4) is 0 Å². The van der Waals surface area contributed by atoms with Gasteiger partial charge in [0.25, 0.3) is 5.91 Å². The van der Waals surface area contributed by atoms with Crippen LogP contribution in [-0.4, -0.2) is 41.1 Å². The standard InChI is InChI=1S/C22H25ClN2O4/c1-21(2)16-10-22(5-7-25(8-6-22)20(26)18-11-24-13-28-18)12-27-19(16)15-9-14(23)3-4-17(15)29-21/h3-4,9,11,13,16,19H,5-8,10,12H2,1-2H3/t16-,19+/m0/s1. The number of fused-ring (bicyclic) bond motifs is 3. The number of carbonyl (C=O) groups excluding carboxylic acids is 1. The molecule has 29 heavy (non-hydrogen) atoms. The molecule has 0 unspecified atom stereocenters. The maximum atomic E-state index is 12.6. The molecule has 154 valence electrons. The van der Waals surface area contributed by atoms with Crippen molar-refractivity contribution in [2.75, 3.05) is 19.7 Å². The summed E-state index contributed by atoms with van der Waals surface area (Å²) in [6, 6.07) is 5.78. The van der Waals surface area contributed by atoms with Crippen LogP contribution in [0.5, 0.6) is 5.75 Å². The van der Waals surface area contributed by atoms with E-state index in [9.17, 15) is 4.79 Å². The summed E-state index contributed by atoms with van der Waals surface area (Å²) in [5.74, 6) is 1.32. The van der Waals surface area contributed by atoms with E-state index >= 15 is 0 Å². The van der Waals surface area contributed by atoms with Gasteiger partial charge in [-0.1, -0.05) is 11.6 Å². The molecule has 5 rings (SSSR count). The molecule has 2 saturated heterocycles. The lowest BCUT2D eigenvalue weighted by atomic mass is 9.64. The molecule has 0 saturated carbocycles. The predicted octanol–water partition coefficient (Wildman–Crippen LogP) is 4.50. The summed E-state index contributed by atoms with van der Waals surface area (Å²) in [6.45, 7) is 6.38. The number of likely N-dealkylation sites (tertiary alicyclic amines) is 1. The van der Waals surface area contributed by atoms with Gasteiger partial charge >= 0.3 is 0 Å². The Balaban J connectivity index is 1.34. The molecule has 0 N–H and O–H groups in total. The Kier molecular flexibility index (Phi) is 4.40. The highest BCUT2D eigenvalue weighted by Crippen LogP contribution is 2.55. The van der Waals surface area contributed by atoms with Gasteiger partial charge in [0.05, 0.1) is 18.9 Å². The van der Waals surface area contributed by atoms with Crippen LogP contribution in [0.1, 0.15) is 55.3 Å². The first-order valence-corrected chi connectivity index (χ1v) is 10.5. The summed E-state index contributed by atoms with van der Waals surface area (Å²) < 4.78 is 18.0. The fourth-order valence-corrected chi connectivity index (χ4v) is 5.32. The Morgan fingerprint density at radius 3 is 2.79 bits per heavy atom. The van der Waals surface area contributed by atoms with E-state index in [0.717, 1.165) is 30.6 Å². The third-order valence-electron chi connectivity index (χ3n) is 6.89. The van der Waals surface area contributed by atoms with E-state index < -0.39 is 0 Å². The number of carbonyl (C=O) groups is 1. The van der Waals surface area contributed by atoms with Crippen molar-refractivity contribution in [1.82, 2.24) is 9.88 Å². The van der Waals surface area contributed by atoms with Gasteiger partial charge < -0.3 is 18.8 Å². The Morgan fingerprint density at radius 1 is 1.28 bits per heavy atom. The van der Waals surface area contributed by atoms with Gasteiger partial charge in [-0.15, -0.1) is 0 Å². The molecule has 1 spiro atoms. The zero-order valence-electron chi connectivity index (χ0n) is 16.7. The van der Waals surface area contributed by atoms with E-state index in [2.05, 4.69) is 18.8 Å². The van der Waals surface area contributed by atoms with Crippen molar-refractivity contribution in [1.29, 1.82) is 0 Å². The van der Waals surface area contributed by atoms with Gasteiger partial charge in [-0.2, -0.15) is 0 Å². The van der Waals surface area contributed by atoms with Crippen molar-refractivity contribution in [3.8, 4) is 5.75 Å². The van der Waals surface area contributed by atoms with Crippen LogP contribution < -0.4 is 4.74 Å². The molecular weight excluding hydrogens is 392 g/mol. The van der Waals surface area contributed by atoms with Gasteiger partial charge in [0.1, 0.15) is 11.4 Å². The van der Waals surface area contributed by atoms with Gasteiger partial charge in [0.2, 0.25) is 5.76 Å². The maximum absolute atomic E-state index is 12.6. The molecule has 1 aromatic heterocycles. The minimum Gasteiger partial charge on any atom is -0.487 e. The van der Waals surface area contributed by atoms with Crippen molar-refractivity contribution in [3.05, 3.63) is 47.1 Å². The number of amides is 1. The predicted molar refractivity (Wildman–Crippen MR) is 107 cm³/mol. The lowest BCUT2D eigenvalue weighted by Crippen LogP contribution is -2.54. The first-order valence-electron chi connectivity index (χ1n) is 10.1.